The van der Waals surface area contributed by atoms with Gasteiger partial charge in [0, 0.05) is 34.5 Å². The zero-order valence-corrected chi connectivity index (χ0v) is 16.6. The lowest BCUT2D eigenvalue weighted by Crippen LogP contribution is -2.37. The number of amides is 1. The van der Waals surface area contributed by atoms with E-state index in [1.165, 1.54) is 24.9 Å². The van der Waals surface area contributed by atoms with Gasteiger partial charge in [-0.05, 0) is 86.8 Å². The number of piperidine rings is 1. The van der Waals surface area contributed by atoms with Crippen LogP contribution in [0.15, 0.2) is 65.1 Å². The lowest BCUT2D eigenvalue weighted by molar-refractivity contribution is 0.0997. The van der Waals surface area contributed by atoms with Crippen LogP contribution in [0, 0.1) is 0 Å². The van der Waals surface area contributed by atoms with Crippen molar-refractivity contribution in [2.75, 3.05) is 16.8 Å². The van der Waals surface area contributed by atoms with Crippen LogP contribution in [0.3, 0.4) is 0 Å². The number of rotatable bonds is 4. The fourth-order valence-electron chi connectivity index (χ4n) is 3.64. The Morgan fingerprint density at radius 3 is 2.50 bits per heavy atom. The maximum absolute atomic E-state index is 12.5. The predicted molar refractivity (Wildman–Crippen MR) is 114 cm³/mol. The van der Waals surface area contributed by atoms with Gasteiger partial charge in [-0.1, -0.05) is 11.6 Å². The number of halogens is 1. The molecule has 1 fully saturated rings. The molecule has 0 bridgehead atoms. The average Bonchev–Trinajstić information content (AvgIpc) is 3.20. The van der Waals surface area contributed by atoms with Gasteiger partial charge in [-0.3, -0.25) is 4.79 Å². The molecule has 1 saturated heterocycles. The second-order valence-electron chi connectivity index (χ2n) is 7.21. The highest BCUT2D eigenvalue weighted by Crippen LogP contribution is 2.27. The van der Waals surface area contributed by atoms with E-state index in [1.807, 2.05) is 24.3 Å². The van der Waals surface area contributed by atoms with Crippen molar-refractivity contribution < 1.29 is 9.21 Å². The van der Waals surface area contributed by atoms with Crippen LogP contribution in [0.2, 0.25) is 5.02 Å². The van der Waals surface area contributed by atoms with E-state index in [2.05, 4.69) is 29.3 Å². The van der Waals surface area contributed by atoms with Crippen LogP contribution in [-0.2, 0) is 0 Å². The molecule has 1 aliphatic heterocycles. The smallest absolute Gasteiger partial charge is 0.291 e. The molecule has 0 spiro atoms. The fraction of sp³-hybridized carbons (Fsp3) is 0.261. The molecule has 0 saturated carbocycles. The van der Waals surface area contributed by atoms with Gasteiger partial charge in [0.05, 0.1) is 0 Å². The van der Waals surface area contributed by atoms with E-state index in [4.69, 9.17) is 16.0 Å². The highest BCUT2D eigenvalue weighted by atomic mass is 35.5. The van der Waals surface area contributed by atoms with Crippen molar-refractivity contribution in [3.63, 3.8) is 0 Å². The Balaban J connectivity index is 1.43. The van der Waals surface area contributed by atoms with Gasteiger partial charge < -0.3 is 14.6 Å². The summed E-state index contributed by atoms with van der Waals surface area (Å²) in [6, 6.07) is 19.4. The Morgan fingerprint density at radius 1 is 1.04 bits per heavy atom. The molecule has 0 unspecified atom stereocenters. The molecule has 144 valence electrons. The molecule has 28 heavy (non-hydrogen) atoms. The molecule has 1 aromatic heterocycles. The Morgan fingerprint density at radius 2 is 1.79 bits per heavy atom. The number of carbonyl (C=O) groups excluding carboxylic acids is 1. The first-order chi connectivity index (χ1) is 13.6. The van der Waals surface area contributed by atoms with Gasteiger partial charge in [0.2, 0.25) is 0 Å². The van der Waals surface area contributed by atoms with E-state index in [1.54, 1.807) is 24.3 Å². The van der Waals surface area contributed by atoms with Crippen LogP contribution in [0.4, 0.5) is 11.4 Å². The van der Waals surface area contributed by atoms with Crippen molar-refractivity contribution in [1.82, 2.24) is 0 Å². The van der Waals surface area contributed by atoms with Gasteiger partial charge in [-0.2, -0.15) is 0 Å². The largest absolute Gasteiger partial charge is 0.451 e. The molecule has 1 aliphatic rings. The highest BCUT2D eigenvalue weighted by Gasteiger charge is 2.18. The summed E-state index contributed by atoms with van der Waals surface area (Å²) in [6.07, 6.45) is 3.76. The van der Waals surface area contributed by atoms with E-state index < -0.39 is 0 Å². The van der Waals surface area contributed by atoms with E-state index in [0.29, 0.717) is 16.8 Å². The lowest BCUT2D eigenvalue weighted by atomic mass is 10.0. The minimum Gasteiger partial charge on any atom is -0.451 e. The molecular formula is C23H23ClN2O2. The van der Waals surface area contributed by atoms with Crippen molar-refractivity contribution in [3.8, 4) is 11.3 Å². The molecule has 1 amide bonds. The van der Waals surface area contributed by atoms with Crippen molar-refractivity contribution in [2.45, 2.75) is 32.2 Å². The van der Waals surface area contributed by atoms with Crippen molar-refractivity contribution in [3.05, 3.63) is 71.4 Å². The molecule has 0 aliphatic carbocycles. The normalized spacial score (nSPS) is 16.8. The van der Waals surface area contributed by atoms with E-state index in [0.717, 1.165) is 17.8 Å². The first-order valence-electron chi connectivity index (χ1n) is 9.64. The maximum Gasteiger partial charge on any atom is 0.291 e. The van der Waals surface area contributed by atoms with E-state index in [9.17, 15) is 4.79 Å². The standard InChI is InChI=1S/C23H23ClN2O2/c1-16-4-2-3-15-26(16)20-11-9-19(10-12-20)25-23(27)22-14-13-21(28-22)17-5-7-18(24)8-6-17/h5-14,16H,2-4,15H2,1H3,(H,25,27)/t16-/m0/s1. The molecule has 0 radical (unpaired) electrons. The summed E-state index contributed by atoms with van der Waals surface area (Å²) in [5, 5.41) is 3.56. The minimum atomic E-state index is -0.265. The lowest BCUT2D eigenvalue weighted by Gasteiger charge is -2.35. The zero-order valence-electron chi connectivity index (χ0n) is 15.8. The van der Waals surface area contributed by atoms with E-state index >= 15 is 0 Å². The maximum atomic E-state index is 12.5. The van der Waals surface area contributed by atoms with Gasteiger partial charge in [-0.15, -0.1) is 0 Å². The van der Waals surface area contributed by atoms with Crippen molar-refractivity contribution in [2.24, 2.45) is 0 Å². The Hall–Kier alpha value is -2.72. The first kappa shape index (κ1) is 18.6. The zero-order chi connectivity index (χ0) is 19.5. The summed E-state index contributed by atoms with van der Waals surface area (Å²) in [6.45, 7) is 3.36. The van der Waals surface area contributed by atoms with Crippen molar-refractivity contribution in [1.29, 1.82) is 0 Å². The molecule has 4 nitrogen and oxygen atoms in total. The van der Waals surface area contributed by atoms with Crippen molar-refractivity contribution >= 4 is 28.9 Å². The van der Waals surface area contributed by atoms with Crippen LogP contribution in [0.5, 0.6) is 0 Å². The Kier molecular flexibility index (Phi) is 5.40. The van der Waals surface area contributed by atoms with Crippen LogP contribution < -0.4 is 10.2 Å². The van der Waals surface area contributed by atoms with Gasteiger partial charge in [0.25, 0.3) is 5.91 Å². The second kappa shape index (κ2) is 8.11. The van der Waals surface area contributed by atoms with Gasteiger partial charge in [-0.25, -0.2) is 0 Å². The number of nitrogens with zero attached hydrogens (tertiary/aromatic N) is 1. The molecule has 1 atom stereocenters. The van der Waals surface area contributed by atoms with Gasteiger partial charge >= 0.3 is 0 Å². The van der Waals surface area contributed by atoms with Crippen LogP contribution in [0.25, 0.3) is 11.3 Å². The van der Waals surface area contributed by atoms with Crippen LogP contribution in [-0.4, -0.2) is 18.5 Å². The number of furan rings is 1. The Bertz CT molecular complexity index is 947. The second-order valence-corrected chi connectivity index (χ2v) is 7.65. The topological polar surface area (TPSA) is 45.5 Å². The third-order valence-corrected chi connectivity index (χ3v) is 5.47. The monoisotopic (exact) mass is 394 g/mol. The fourth-order valence-corrected chi connectivity index (χ4v) is 3.77. The molecular weight excluding hydrogens is 372 g/mol. The number of benzene rings is 2. The molecule has 2 heterocycles. The number of hydrogen-bond donors (Lipinski definition) is 1. The van der Waals surface area contributed by atoms with E-state index in [-0.39, 0.29) is 11.7 Å². The molecule has 2 aromatic carbocycles. The Labute approximate surface area is 170 Å². The number of anilines is 2. The van der Waals surface area contributed by atoms with Crippen LogP contribution >= 0.6 is 11.6 Å². The van der Waals surface area contributed by atoms with Gasteiger partial charge in [0.15, 0.2) is 5.76 Å². The summed E-state index contributed by atoms with van der Waals surface area (Å²) in [4.78, 5) is 14.9. The number of hydrogen-bond acceptors (Lipinski definition) is 3. The predicted octanol–water partition coefficient (Wildman–Crippen LogP) is 6.23. The van der Waals surface area contributed by atoms with Gasteiger partial charge in [0.1, 0.15) is 5.76 Å². The highest BCUT2D eigenvalue weighted by molar-refractivity contribution is 6.30. The summed E-state index contributed by atoms with van der Waals surface area (Å²) < 4.78 is 5.71. The SMILES string of the molecule is C[C@H]1CCCCN1c1ccc(NC(=O)c2ccc(-c3ccc(Cl)cc3)o2)cc1. The average molecular weight is 395 g/mol. The number of carbonyl (C=O) groups is 1. The summed E-state index contributed by atoms with van der Waals surface area (Å²) >= 11 is 5.92. The summed E-state index contributed by atoms with van der Waals surface area (Å²) in [5.74, 6) is 0.647. The quantitative estimate of drug-likeness (QED) is 0.570. The van der Waals surface area contributed by atoms with Crippen LogP contribution in [0.1, 0.15) is 36.7 Å². The molecule has 5 heteroatoms. The molecule has 1 N–H and O–H groups in total. The third kappa shape index (κ3) is 4.07. The summed E-state index contributed by atoms with van der Waals surface area (Å²) in [7, 11) is 0. The first-order valence-corrected chi connectivity index (χ1v) is 10.0. The minimum absolute atomic E-state index is 0.265. The molecule has 4 rings (SSSR count). The molecule has 3 aromatic rings. The summed E-state index contributed by atoms with van der Waals surface area (Å²) in [5.41, 5.74) is 2.83. The number of nitrogens with one attached hydrogen (secondary N) is 1. The third-order valence-electron chi connectivity index (χ3n) is 5.22.